The van der Waals surface area contributed by atoms with Gasteiger partial charge in [0.1, 0.15) is 5.69 Å². The van der Waals surface area contributed by atoms with Gasteiger partial charge in [-0.3, -0.25) is 9.78 Å². The van der Waals surface area contributed by atoms with Gasteiger partial charge in [-0.2, -0.15) is 0 Å². The van der Waals surface area contributed by atoms with Gasteiger partial charge in [-0.15, -0.1) is 0 Å². The number of hydrogen-bond acceptors (Lipinski definition) is 5. The Bertz CT molecular complexity index is 1380. The number of carbonyl (C=O) groups is 1. The van der Waals surface area contributed by atoms with E-state index < -0.39 is 21.0 Å². The molecule has 1 amide bonds. The Hall–Kier alpha value is -2.55. The van der Waals surface area contributed by atoms with Crippen LogP contribution in [0.2, 0.25) is 0 Å². The highest BCUT2D eigenvalue weighted by molar-refractivity contribution is 7.89. The number of carbonyl (C=O) groups excluding carboxylic acids is 1. The molecule has 1 aromatic carbocycles. The topological polar surface area (TPSA) is 99.6 Å². The Morgan fingerprint density at radius 2 is 1.84 bits per heavy atom. The Morgan fingerprint density at radius 1 is 1.11 bits per heavy atom. The fraction of sp³-hybridized carbons (Fsp3) is 0.533. The largest absolute Gasteiger partial charge is 0.387 e. The third kappa shape index (κ3) is 3.71. The number of hydrogen-bond donors (Lipinski definition) is 2. The number of benzene rings is 1. The summed E-state index contributed by atoms with van der Waals surface area (Å²) < 4.78 is 29.7. The van der Waals surface area contributed by atoms with E-state index in [0.717, 1.165) is 19.3 Å². The van der Waals surface area contributed by atoms with Gasteiger partial charge >= 0.3 is 0 Å². The highest BCUT2D eigenvalue weighted by Gasteiger charge is 2.72. The Morgan fingerprint density at radius 3 is 2.55 bits per heavy atom. The molecular formula is C30H37N3O4S. The molecule has 7 nitrogen and oxygen atoms in total. The minimum Gasteiger partial charge on any atom is -0.387 e. The van der Waals surface area contributed by atoms with E-state index in [1.165, 1.54) is 11.1 Å². The Balaban J connectivity index is 1.21. The first-order valence-corrected chi connectivity index (χ1v) is 15.3. The summed E-state index contributed by atoms with van der Waals surface area (Å²) in [5, 5.41) is 14.9. The fourth-order valence-corrected chi connectivity index (χ4v) is 10.5. The van der Waals surface area contributed by atoms with Gasteiger partial charge < -0.3 is 10.4 Å². The molecule has 38 heavy (non-hydrogen) atoms. The lowest BCUT2D eigenvalue weighted by molar-refractivity contribution is -0.0838. The summed E-state index contributed by atoms with van der Waals surface area (Å²) in [6.07, 6.45) is 9.50. The number of amides is 1. The number of pyridine rings is 1. The lowest BCUT2D eigenvalue weighted by Crippen LogP contribution is -2.60. The summed E-state index contributed by atoms with van der Waals surface area (Å²) in [7, 11) is -3.64. The molecule has 3 atom stereocenters. The molecule has 2 heterocycles. The van der Waals surface area contributed by atoms with Gasteiger partial charge in [0.05, 0.1) is 11.4 Å². The Kier molecular flexibility index (Phi) is 5.91. The summed E-state index contributed by atoms with van der Waals surface area (Å²) in [5.74, 6) is -0.248. The summed E-state index contributed by atoms with van der Waals surface area (Å²) in [4.78, 5) is 16.8. The zero-order valence-electron chi connectivity index (χ0n) is 22.2. The summed E-state index contributed by atoms with van der Waals surface area (Å²) >= 11 is 0. The molecule has 2 aromatic rings. The van der Waals surface area contributed by atoms with Crippen LogP contribution in [0.5, 0.6) is 0 Å². The monoisotopic (exact) mass is 535 g/mol. The molecule has 2 bridgehead atoms. The van der Waals surface area contributed by atoms with E-state index in [2.05, 4.69) is 54.5 Å². The number of allylic oxidation sites excluding steroid dienone is 1. The molecule has 1 spiro atoms. The van der Waals surface area contributed by atoms with Crippen molar-refractivity contribution >= 4 is 22.0 Å². The van der Waals surface area contributed by atoms with Crippen LogP contribution < -0.4 is 5.32 Å². The molecule has 1 aromatic heterocycles. The molecule has 3 aliphatic carbocycles. The molecule has 1 aliphatic heterocycles. The van der Waals surface area contributed by atoms with Crippen LogP contribution in [-0.4, -0.2) is 59.7 Å². The van der Waals surface area contributed by atoms with Gasteiger partial charge in [-0.05, 0) is 66.7 Å². The van der Waals surface area contributed by atoms with Crippen molar-refractivity contribution in [1.82, 2.24) is 14.6 Å². The van der Waals surface area contributed by atoms with E-state index in [1.807, 2.05) is 6.07 Å². The normalized spacial score (nSPS) is 31.0. The predicted octanol–water partition coefficient (Wildman–Crippen LogP) is 3.76. The van der Waals surface area contributed by atoms with Gasteiger partial charge in [0.15, 0.2) is 0 Å². The van der Waals surface area contributed by atoms with Crippen LogP contribution in [0.4, 0.5) is 0 Å². The molecule has 8 heteroatoms. The quantitative estimate of drug-likeness (QED) is 0.587. The summed E-state index contributed by atoms with van der Waals surface area (Å²) in [5.41, 5.74) is 0.202. The van der Waals surface area contributed by atoms with E-state index >= 15 is 0 Å². The molecule has 1 saturated heterocycles. The van der Waals surface area contributed by atoms with Crippen molar-refractivity contribution < 1.29 is 18.3 Å². The van der Waals surface area contributed by atoms with Crippen LogP contribution in [-0.2, 0) is 15.4 Å². The average Bonchev–Trinajstić information content (AvgIpc) is 3.43. The van der Waals surface area contributed by atoms with Gasteiger partial charge in [-0.25, -0.2) is 12.7 Å². The van der Waals surface area contributed by atoms with E-state index in [1.54, 1.807) is 28.7 Å². The van der Waals surface area contributed by atoms with E-state index in [4.69, 9.17) is 0 Å². The minimum absolute atomic E-state index is 0.0164. The fourth-order valence-electron chi connectivity index (χ4n) is 8.17. The number of aliphatic hydroxyl groups is 1. The van der Waals surface area contributed by atoms with E-state index in [9.17, 15) is 18.3 Å². The molecule has 2 saturated carbocycles. The predicted molar refractivity (Wildman–Crippen MR) is 147 cm³/mol. The zero-order chi connectivity index (χ0) is 26.8. The van der Waals surface area contributed by atoms with Crippen molar-refractivity contribution in [3.8, 4) is 0 Å². The molecule has 2 N–H and O–H groups in total. The number of fused-ring (bicyclic) bond motifs is 4. The standard InChI is InChI=1S/C30H37N3O4S/c1-27(2)23-11-13-29(27,30(35,19-23)20-32-26(34)25-9-5-6-16-31-25)21-38(36,37)33-17-14-28(15-18-33)12-10-22-7-3-4-8-24(22)28/h3-10,12,16,23,35H,11,13-15,17-21H2,1-2H3,(H,32,34)/t23-,29+,30+/m1/s1. The van der Waals surface area contributed by atoms with Crippen molar-refractivity contribution in [2.75, 3.05) is 25.4 Å². The average molecular weight is 536 g/mol. The lowest BCUT2D eigenvalue weighted by Gasteiger charge is -2.49. The zero-order valence-corrected chi connectivity index (χ0v) is 23.0. The number of sulfonamides is 1. The second-order valence-corrected chi connectivity index (χ2v) is 14.4. The first-order chi connectivity index (χ1) is 18.0. The van der Waals surface area contributed by atoms with E-state index in [-0.39, 0.29) is 40.6 Å². The molecule has 4 aliphatic rings. The van der Waals surface area contributed by atoms with Crippen LogP contribution in [0.1, 0.15) is 67.6 Å². The summed E-state index contributed by atoms with van der Waals surface area (Å²) in [6.45, 7) is 5.16. The van der Waals surface area contributed by atoms with Crippen molar-refractivity contribution in [1.29, 1.82) is 0 Å². The maximum absolute atomic E-state index is 14.0. The van der Waals surface area contributed by atoms with Crippen LogP contribution in [0.3, 0.4) is 0 Å². The van der Waals surface area contributed by atoms with Crippen molar-refractivity contribution in [2.45, 2.75) is 57.0 Å². The molecule has 202 valence electrons. The lowest BCUT2D eigenvalue weighted by atomic mass is 9.64. The molecular weight excluding hydrogens is 498 g/mol. The molecule has 0 radical (unpaired) electrons. The second kappa shape index (κ2) is 8.73. The van der Waals surface area contributed by atoms with Crippen LogP contribution in [0.15, 0.2) is 54.7 Å². The van der Waals surface area contributed by atoms with Crippen molar-refractivity contribution in [3.63, 3.8) is 0 Å². The summed E-state index contributed by atoms with van der Waals surface area (Å²) in [6, 6.07) is 13.5. The molecule has 3 fully saturated rings. The van der Waals surface area contributed by atoms with Crippen molar-refractivity contribution in [2.24, 2.45) is 16.7 Å². The highest BCUT2D eigenvalue weighted by Crippen LogP contribution is 2.70. The van der Waals surface area contributed by atoms with Crippen LogP contribution in [0.25, 0.3) is 6.08 Å². The first-order valence-electron chi connectivity index (χ1n) is 13.7. The Labute approximate surface area is 225 Å². The number of piperidine rings is 1. The molecule has 6 rings (SSSR count). The van der Waals surface area contributed by atoms with Gasteiger partial charge in [0.25, 0.3) is 5.91 Å². The molecule has 0 unspecified atom stereocenters. The number of rotatable bonds is 6. The van der Waals surface area contributed by atoms with E-state index in [0.29, 0.717) is 25.9 Å². The number of nitrogens with one attached hydrogen (secondary N) is 1. The van der Waals surface area contributed by atoms with Gasteiger partial charge in [-0.1, -0.05) is 56.3 Å². The number of nitrogens with zero attached hydrogens (tertiary/aromatic N) is 2. The van der Waals surface area contributed by atoms with Crippen LogP contribution >= 0.6 is 0 Å². The first kappa shape index (κ1) is 25.7. The maximum atomic E-state index is 14.0. The maximum Gasteiger partial charge on any atom is 0.269 e. The number of aromatic nitrogens is 1. The van der Waals surface area contributed by atoms with Gasteiger partial charge in [0, 0.05) is 36.7 Å². The highest BCUT2D eigenvalue weighted by atomic mass is 32.2. The third-order valence-corrected chi connectivity index (χ3v) is 12.6. The smallest absolute Gasteiger partial charge is 0.269 e. The second-order valence-electron chi connectivity index (χ2n) is 12.4. The van der Waals surface area contributed by atoms with Crippen molar-refractivity contribution in [3.05, 3.63) is 71.6 Å². The minimum atomic E-state index is -3.64. The SMILES string of the molecule is CC1(C)[C@@H]2CC[C@@]1(CS(=O)(=O)N1CCC3(C=Cc4ccccc43)CC1)[C@@](O)(CNC(=O)c1ccccn1)C2. The van der Waals surface area contributed by atoms with Crippen LogP contribution in [0, 0.1) is 16.7 Å². The van der Waals surface area contributed by atoms with Gasteiger partial charge in [0.2, 0.25) is 10.0 Å². The third-order valence-electron chi connectivity index (χ3n) is 10.6.